The van der Waals surface area contributed by atoms with Gasteiger partial charge < -0.3 is 9.80 Å². The molecule has 3 nitrogen and oxygen atoms in total. The van der Waals surface area contributed by atoms with Crippen molar-refractivity contribution in [1.82, 2.24) is 4.98 Å². The summed E-state index contributed by atoms with van der Waals surface area (Å²) in [6.45, 7) is 1.96. The lowest BCUT2D eigenvalue weighted by atomic mass is 10.1. The predicted octanol–water partition coefficient (Wildman–Crippen LogP) is 3.43. The van der Waals surface area contributed by atoms with Crippen molar-refractivity contribution in [3.05, 3.63) is 47.1 Å². The Hall–Kier alpha value is -1.55. The number of para-hydroxylation sites is 2. The normalized spacial score (nSPS) is 14.6. The average molecular weight is 304 g/mol. The molecule has 1 aliphatic heterocycles. The first kappa shape index (κ1) is 11.5. The third-order valence-corrected chi connectivity index (χ3v) is 3.66. The first-order valence-electron chi connectivity index (χ1n) is 5.96. The Kier molecular flexibility index (Phi) is 2.96. The minimum absolute atomic E-state index is 0.872. The highest BCUT2D eigenvalue weighted by atomic mass is 79.9. The van der Waals surface area contributed by atoms with E-state index in [2.05, 4.69) is 62.0 Å². The van der Waals surface area contributed by atoms with Gasteiger partial charge in [-0.1, -0.05) is 18.2 Å². The first-order chi connectivity index (χ1) is 8.75. The Morgan fingerprint density at radius 3 is 2.56 bits per heavy atom. The van der Waals surface area contributed by atoms with E-state index in [4.69, 9.17) is 0 Å². The molecule has 1 aromatic carbocycles. The van der Waals surface area contributed by atoms with Crippen molar-refractivity contribution in [1.29, 1.82) is 0 Å². The maximum Gasteiger partial charge on any atom is 0.134 e. The fourth-order valence-corrected chi connectivity index (χ4v) is 2.63. The molecule has 0 unspecified atom stereocenters. The van der Waals surface area contributed by atoms with Gasteiger partial charge >= 0.3 is 0 Å². The molecule has 0 N–H and O–H groups in total. The molecule has 0 saturated carbocycles. The molecule has 0 bridgehead atoms. The van der Waals surface area contributed by atoms with Crippen LogP contribution in [-0.4, -0.2) is 25.1 Å². The van der Waals surface area contributed by atoms with Gasteiger partial charge in [0.15, 0.2) is 0 Å². The Morgan fingerprint density at radius 2 is 1.78 bits per heavy atom. The van der Waals surface area contributed by atoms with E-state index in [0.717, 1.165) is 23.5 Å². The summed E-state index contributed by atoms with van der Waals surface area (Å²) in [6, 6.07) is 14.5. The highest BCUT2D eigenvalue weighted by Gasteiger charge is 2.21. The summed E-state index contributed by atoms with van der Waals surface area (Å²) < 4.78 is 0.872. The Balaban J connectivity index is 2.07. The topological polar surface area (TPSA) is 19.4 Å². The smallest absolute Gasteiger partial charge is 0.134 e. The number of aromatic nitrogens is 1. The van der Waals surface area contributed by atoms with E-state index >= 15 is 0 Å². The van der Waals surface area contributed by atoms with Crippen molar-refractivity contribution >= 4 is 33.1 Å². The van der Waals surface area contributed by atoms with Crippen molar-refractivity contribution in [2.45, 2.75) is 0 Å². The third kappa shape index (κ3) is 1.97. The van der Waals surface area contributed by atoms with E-state index < -0.39 is 0 Å². The van der Waals surface area contributed by atoms with Crippen molar-refractivity contribution in [2.75, 3.05) is 29.9 Å². The largest absolute Gasteiger partial charge is 0.371 e. The zero-order valence-corrected chi connectivity index (χ0v) is 11.8. The summed E-state index contributed by atoms with van der Waals surface area (Å²) in [5.41, 5.74) is 2.47. The molecule has 0 amide bonds. The lowest BCUT2D eigenvalue weighted by molar-refractivity contribution is 0.812. The Morgan fingerprint density at radius 1 is 1.00 bits per heavy atom. The van der Waals surface area contributed by atoms with Crippen LogP contribution in [-0.2, 0) is 0 Å². The lowest BCUT2D eigenvalue weighted by Crippen LogP contribution is -2.36. The number of likely N-dealkylation sites (N-methyl/N-ethyl adjacent to an activating group) is 1. The van der Waals surface area contributed by atoms with Crippen LogP contribution < -0.4 is 9.80 Å². The van der Waals surface area contributed by atoms with E-state index in [1.165, 1.54) is 11.4 Å². The van der Waals surface area contributed by atoms with Gasteiger partial charge in [0.25, 0.3) is 0 Å². The van der Waals surface area contributed by atoms with Gasteiger partial charge in [0.05, 0.1) is 11.4 Å². The maximum atomic E-state index is 4.54. The number of hydrogen-bond donors (Lipinski definition) is 0. The fraction of sp³-hybridized carbons (Fsp3) is 0.214. The van der Waals surface area contributed by atoms with Gasteiger partial charge in [-0.05, 0) is 40.2 Å². The molecule has 0 atom stereocenters. The van der Waals surface area contributed by atoms with Crippen LogP contribution in [0.25, 0.3) is 0 Å². The number of pyridine rings is 1. The predicted molar refractivity (Wildman–Crippen MR) is 78.7 cm³/mol. The molecule has 0 radical (unpaired) electrons. The van der Waals surface area contributed by atoms with E-state index in [0.29, 0.717) is 0 Å². The van der Waals surface area contributed by atoms with Crippen molar-refractivity contribution in [3.8, 4) is 0 Å². The second kappa shape index (κ2) is 4.61. The van der Waals surface area contributed by atoms with Crippen molar-refractivity contribution < 1.29 is 0 Å². The van der Waals surface area contributed by atoms with Gasteiger partial charge in [-0.25, -0.2) is 4.98 Å². The van der Waals surface area contributed by atoms with Gasteiger partial charge in [0, 0.05) is 20.1 Å². The molecular weight excluding hydrogens is 290 g/mol. The number of anilines is 3. The second-order valence-electron chi connectivity index (χ2n) is 4.38. The molecule has 4 heteroatoms. The number of nitrogens with zero attached hydrogens (tertiary/aromatic N) is 3. The lowest BCUT2D eigenvalue weighted by Gasteiger charge is -2.36. The summed E-state index contributed by atoms with van der Waals surface area (Å²) in [5, 5.41) is 0. The number of benzene rings is 1. The molecule has 92 valence electrons. The molecule has 0 fully saturated rings. The minimum Gasteiger partial charge on any atom is -0.371 e. The van der Waals surface area contributed by atoms with Crippen LogP contribution in [0, 0.1) is 0 Å². The van der Waals surface area contributed by atoms with Crippen LogP contribution in [0.5, 0.6) is 0 Å². The Labute approximate surface area is 115 Å². The van der Waals surface area contributed by atoms with Crippen LogP contribution >= 0.6 is 15.9 Å². The van der Waals surface area contributed by atoms with Crippen LogP contribution in [0.2, 0.25) is 0 Å². The highest BCUT2D eigenvalue weighted by molar-refractivity contribution is 9.10. The van der Waals surface area contributed by atoms with Gasteiger partial charge in [-0.2, -0.15) is 0 Å². The summed E-state index contributed by atoms with van der Waals surface area (Å²) in [5.74, 6) is 0.991. The van der Waals surface area contributed by atoms with Crippen LogP contribution in [0.15, 0.2) is 47.1 Å². The molecule has 0 saturated heterocycles. The van der Waals surface area contributed by atoms with Gasteiger partial charge in [0.2, 0.25) is 0 Å². The quantitative estimate of drug-likeness (QED) is 0.752. The van der Waals surface area contributed by atoms with Crippen LogP contribution in [0.4, 0.5) is 17.2 Å². The monoisotopic (exact) mass is 303 g/mol. The molecule has 18 heavy (non-hydrogen) atoms. The SMILES string of the molecule is CN1CCN(c2cccc(Br)n2)c2ccccc21. The standard InChI is InChI=1S/C14H14BrN3/c1-17-9-10-18(12-6-3-2-5-11(12)17)14-8-4-7-13(15)16-14/h2-8H,9-10H2,1H3. The summed E-state index contributed by atoms with van der Waals surface area (Å²) in [7, 11) is 2.13. The second-order valence-corrected chi connectivity index (χ2v) is 5.19. The third-order valence-electron chi connectivity index (χ3n) is 3.22. The maximum absolute atomic E-state index is 4.54. The average Bonchev–Trinajstić information content (AvgIpc) is 2.39. The summed E-state index contributed by atoms with van der Waals surface area (Å²) >= 11 is 3.43. The van der Waals surface area contributed by atoms with E-state index in [1.54, 1.807) is 0 Å². The number of fused-ring (bicyclic) bond motifs is 1. The van der Waals surface area contributed by atoms with Gasteiger partial charge in [0.1, 0.15) is 10.4 Å². The van der Waals surface area contributed by atoms with E-state index in [1.807, 2.05) is 18.2 Å². The molecule has 0 spiro atoms. The van der Waals surface area contributed by atoms with Gasteiger partial charge in [-0.15, -0.1) is 0 Å². The fourth-order valence-electron chi connectivity index (χ4n) is 2.29. The molecule has 2 aromatic rings. The van der Waals surface area contributed by atoms with Crippen molar-refractivity contribution in [2.24, 2.45) is 0 Å². The molecule has 2 heterocycles. The first-order valence-corrected chi connectivity index (χ1v) is 6.75. The molecule has 3 rings (SSSR count). The zero-order valence-electron chi connectivity index (χ0n) is 10.2. The molecule has 1 aromatic heterocycles. The van der Waals surface area contributed by atoms with Crippen molar-refractivity contribution in [3.63, 3.8) is 0 Å². The van der Waals surface area contributed by atoms with E-state index in [9.17, 15) is 0 Å². The zero-order chi connectivity index (χ0) is 12.5. The highest BCUT2D eigenvalue weighted by Crippen LogP contribution is 2.36. The number of hydrogen-bond acceptors (Lipinski definition) is 3. The molecule has 1 aliphatic rings. The molecule has 0 aliphatic carbocycles. The minimum atomic E-state index is 0.872. The molecular formula is C14H14BrN3. The number of halogens is 1. The van der Waals surface area contributed by atoms with Crippen LogP contribution in [0.1, 0.15) is 0 Å². The Bertz CT molecular complexity index is 570. The van der Waals surface area contributed by atoms with Crippen LogP contribution in [0.3, 0.4) is 0 Å². The van der Waals surface area contributed by atoms with Gasteiger partial charge in [-0.3, -0.25) is 0 Å². The number of rotatable bonds is 1. The van der Waals surface area contributed by atoms with E-state index in [-0.39, 0.29) is 0 Å². The summed E-state index contributed by atoms with van der Waals surface area (Å²) in [6.07, 6.45) is 0. The summed E-state index contributed by atoms with van der Waals surface area (Å²) in [4.78, 5) is 9.09.